The molecule has 1 radical (unpaired) electrons. The van der Waals surface area contributed by atoms with Crippen molar-refractivity contribution in [1.82, 2.24) is 0 Å². The van der Waals surface area contributed by atoms with Crippen LogP contribution in [0.4, 0.5) is 0 Å². The molecule has 14 heavy (non-hydrogen) atoms. The van der Waals surface area contributed by atoms with E-state index in [-0.39, 0.29) is 7.83 Å². The first kappa shape index (κ1) is 13.2. The quantitative estimate of drug-likeness (QED) is 0.595. The average molecular weight is 276 g/mol. The average Bonchev–Trinajstić information content (AvgIpc) is 2.05. The molecule has 1 heterocycles. The molecular weight excluding hydrogens is 249 g/mol. The van der Waals surface area contributed by atoms with Crippen molar-refractivity contribution in [3.8, 4) is 0 Å². The summed E-state index contributed by atoms with van der Waals surface area (Å²) in [4.78, 5) is 0. The highest BCUT2D eigenvalue weighted by molar-refractivity contribution is 8.09. The van der Waals surface area contributed by atoms with Gasteiger partial charge in [-0.15, -0.1) is 0 Å². The Morgan fingerprint density at radius 3 is 0.857 bits per heavy atom. The number of hydrogen-bond acceptors (Lipinski definition) is 0. The molecule has 0 amide bonds. The second-order valence-corrected chi connectivity index (χ2v) is 63.4. The lowest BCUT2D eigenvalue weighted by Crippen LogP contribution is -2.69. The molecule has 1 fully saturated rings. The van der Waals surface area contributed by atoms with Crippen LogP contribution in [0.2, 0.25) is 58.9 Å². The zero-order valence-electron chi connectivity index (χ0n) is 11.5. The van der Waals surface area contributed by atoms with Gasteiger partial charge in [0.2, 0.25) is 0 Å². The van der Waals surface area contributed by atoms with Gasteiger partial charge in [0.1, 0.15) is 0 Å². The molecule has 0 atom stereocenters. The molecule has 1 rings (SSSR count). The lowest BCUT2D eigenvalue weighted by Gasteiger charge is -2.43. The van der Waals surface area contributed by atoms with Crippen LogP contribution in [-0.2, 0) is 0 Å². The fourth-order valence-corrected chi connectivity index (χ4v) is 183. The van der Waals surface area contributed by atoms with Gasteiger partial charge in [0.15, 0.2) is 0 Å². The largest absolute Gasteiger partial charge is 0.0754 e. The second kappa shape index (κ2) is 3.06. The third-order valence-electron chi connectivity index (χ3n) is 6.56. The Morgan fingerprint density at radius 1 is 0.571 bits per heavy atom. The van der Waals surface area contributed by atoms with Gasteiger partial charge in [0.05, 0.1) is 0 Å². The number of hydrogen-bond donors (Lipinski definition) is 0. The monoisotopic (exact) mass is 275 g/mol. The highest BCUT2D eigenvalue weighted by Gasteiger charge is 2.70. The van der Waals surface area contributed by atoms with Gasteiger partial charge in [-0.1, -0.05) is 58.9 Å². The first-order valence-electron chi connectivity index (χ1n) is 5.75. The Morgan fingerprint density at radius 2 is 0.786 bits per heavy atom. The zero-order chi connectivity index (χ0) is 11.6. The van der Waals surface area contributed by atoms with E-state index in [1.807, 2.05) is 0 Å². The SMILES string of the molecule is C[Si]1[Si](C)(C)[Si](C)(C)[Si](C)(C)[Si]1(C)C. The Bertz CT molecular complexity index is 228. The van der Waals surface area contributed by atoms with Crippen LogP contribution < -0.4 is 0 Å². The van der Waals surface area contributed by atoms with Gasteiger partial charge < -0.3 is 0 Å². The molecule has 1 aliphatic heterocycles. The minimum absolute atomic E-state index is 0.0787. The van der Waals surface area contributed by atoms with Crippen LogP contribution in [0, 0.1) is 0 Å². The van der Waals surface area contributed by atoms with Crippen LogP contribution in [0.5, 0.6) is 0 Å². The van der Waals surface area contributed by atoms with Crippen LogP contribution in [0.3, 0.4) is 0 Å². The summed E-state index contributed by atoms with van der Waals surface area (Å²) < 4.78 is 0. The normalized spacial score (nSPS) is 33.2. The minimum Gasteiger partial charge on any atom is -0.0754 e. The van der Waals surface area contributed by atoms with E-state index in [2.05, 4.69) is 58.9 Å². The first-order chi connectivity index (χ1) is 5.90. The van der Waals surface area contributed by atoms with Gasteiger partial charge in [-0.2, -0.15) is 0 Å². The summed E-state index contributed by atoms with van der Waals surface area (Å²) in [5.41, 5.74) is 0. The van der Waals surface area contributed by atoms with Crippen molar-refractivity contribution in [2.75, 3.05) is 0 Å². The van der Waals surface area contributed by atoms with Gasteiger partial charge in [-0.05, 0) is 0 Å². The summed E-state index contributed by atoms with van der Waals surface area (Å²) in [6.45, 7) is 24.8. The molecule has 0 aromatic carbocycles. The Labute approximate surface area is 95.1 Å². The van der Waals surface area contributed by atoms with E-state index in [9.17, 15) is 0 Å². The molecule has 83 valence electrons. The van der Waals surface area contributed by atoms with Crippen molar-refractivity contribution < 1.29 is 0 Å². The van der Waals surface area contributed by atoms with E-state index in [4.69, 9.17) is 0 Å². The van der Waals surface area contributed by atoms with Crippen molar-refractivity contribution in [3.05, 3.63) is 0 Å². The summed E-state index contributed by atoms with van der Waals surface area (Å²) in [6, 6.07) is 0. The van der Waals surface area contributed by atoms with Gasteiger partial charge in [0.25, 0.3) is 0 Å². The van der Waals surface area contributed by atoms with Crippen molar-refractivity contribution in [1.29, 1.82) is 0 Å². The highest BCUT2D eigenvalue weighted by Crippen LogP contribution is 2.45. The highest BCUT2D eigenvalue weighted by atomic mass is 30.2. The third-order valence-corrected chi connectivity index (χ3v) is 122. The van der Waals surface area contributed by atoms with Gasteiger partial charge in [0, 0.05) is 36.3 Å². The van der Waals surface area contributed by atoms with Crippen molar-refractivity contribution >= 4 is 36.3 Å². The molecule has 0 aromatic rings. The molecular formula is C9H27Si5. The van der Waals surface area contributed by atoms with E-state index >= 15 is 0 Å². The minimum atomic E-state index is -0.809. The van der Waals surface area contributed by atoms with Crippen molar-refractivity contribution in [2.45, 2.75) is 58.9 Å². The van der Waals surface area contributed by atoms with Crippen LogP contribution in [0.25, 0.3) is 0 Å². The molecule has 1 aliphatic rings. The maximum atomic E-state index is 2.77. The second-order valence-electron chi connectivity index (χ2n) is 7.12. The van der Waals surface area contributed by atoms with Gasteiger partial charge >= 0.3 is 0 Å². The Kier molecular flexibility index (Phi) is 2.87. The van der Waals surface area contributed by atoms with Crippen LogP contribution in [0.1, 0.15) is 0 Å². The van der Waals surface area contributed by atoms with Crippen LogP contribution in [0.15, 0.2) is 0 Å². The predicted octanol–water partition coefficient (Wildman–Crippen LogP) is 3.35. The molecule has 0 unspecified atom stereocenters. The Hall–Kier alpha value is 1.08. The fraction of sp³-hybridized carbons (Fsp3) is 1.00. The molecule has 0 aliphatic carbocycles. The van der Waals surface area contributed by atoms with Gasteiger partial charge in [-0.25, -0.2) is 0 Å². The molecule has 1 saturated heterocycles. The smallest absolute Gasteiger partial charge is 0.0304 e. The zero-order valence-corrected chi connectivity index (χ0v) is 16.5. The van der Waals surface area contributed by atoms with Crippen LogP contribution in [-0.4, -0.2) is 36.3 Å². The lowest BCUT2D eigenvalue weighted by molar-refractivity contribution is 1.83. The molecule has 0 bridgehead atoms. The summed E-state index contributed by atoms with van der Waals surface area (Å²) in [7, 11) is -3.10. The molecule has 0 N–H and O–H groups in total. The van der Waals surface area contributed by atoms with E-state index in [0.717, 1.165) is 0 Å². The van der Waals surface area contributed by atoms with Crippen molar-refractivity contribution in [2.24, 2.45) is 0 Å². The maximum absolute atomic E-state index is 2.77. The maximum Gasteiger partial charge on any atom is 0.0304 e. The van der Waals surface area contributed by atoms with E-state index in [0.29, 0.717) is 0 Å². The third kappa shape index (κ3) is 1.19. The van der Waals surface area contributed by atoms with Crippen LogP contribution >= 0.6 is 0 Å². The topological polar surface area (TPSA) is 0 Å². The Balaban J connectivity index is 3.38. The molecule has 0 spiro atoms. The summed E-state index contributed by atoms with van der Waals surface area (Å²) in [6.07, 6.45) is 0. The molecule has 0 nitrogen and oxygen atoms in total. The summed E-state index contributed by atoms with van der Waals surface area (Å²) in [5.74, 6) is 0. The molecule has 0 aromatic heterocycles. The standard InChI is InChI=1S/C9H27Si5/c1-10-11(2,3)13(6,7)14(8,9)12(10,4)5/h1-9H3. The molecule has 5 heteroatoms. The summed E-state index contributed by atoms with van der Waals surface area (Å²) in [5, 5.41) is 0. The van der Waals surface area contributed by atoms with Gasteiger partial charge in [-0.3, -0.25) is 0 Å². The van der Waals surface area contributed by atoms with Crippen molar-refractivity contribution in [3.63, 3.8) is 0 Å². The summed E-state index contributed by atoms with van der Waals surface area (Å²) >= 11 is 0. The number of rotatable bonds is 0. The fourth-order valence-electron chi connectivity index (χ4n) is 3.28. The van der Waals surface area contributed by atoms with E-state index < -0.39 is 28.4 Å². The predicted molar refractivity (Wildman–Crippen MR) is 81.5 cm³/mol. The molecule has 0 saturated carbocycles. The first-order valence-corrected chi connectivity index (χ1v) is 24.8. The van der Waals surface area contributed by atoms with E-state index in [1.165, 1.54) is 0 Å². The van der Waals surface area contributed by atoms with E-state index in [1.54, 1.807) is 0 Å². The lowest BCUT2D eigenvalue weighted by atomic mass is 11.9.